The number of aliphatic hydroxyl groups is 1. The average molecular weight is 334 g/mol. The Hall–Kier alpha value is -1.40. The maximum Gasteiger partial charge on any atom is 0.236 e. The van der Waals surface area contributed by atoms with Crippen LogP contribution in [-0.4, -0.2) is 63.1 Å². The van der Waals surface area contributed by atoms with Crippen molar-refractivity contribution in [1.29, 1.82) is 0 Å². The molecule has 24 heavy (non-hydrogen) atoms. The zero-order valence-electron chi connectivity index (χ0n) is 14.9. The highest BCUT2D eigenvalue weighted by Gasteiger charge is 2.31. The standard InChI is InChI=1S/C18H30N4O2/c1-14-5-9-21(10-6-14)13-16(23)22-8-3-4-15(12-22)17(24)18-19-7-11-20(18)2/h7,11,14-15,17,24H,3-6,8-10,12-13H2,1-2H3. The molecule has 0 saturated carbocycles. The third-order valence-corrected chi connectivity index (χ3v) is 5.62. The van der Waals surface area contributed by atoms with Gasteiger partial charge in [0.2, 0.25) is 5.91 Å². The van der Waals surface area contributed by atoms with E-state index in [1.807, 2.05) is 22.7 Å². The summed E-state index contributed by atoms with van der Waals surface area (Å²) in [6, 6.07) is 0. The summed E-state index contributed by atoms with van der Waals surface area (Å²) in [6.45, 7) is 6.31. The van der Waals surface area contributed by atoms with Crippen LogP contribution in [0.15, 0.2) is 12.4 Å². The van der Waals surface area contributed by atoms with Crippen LogP contribution in [0.3, 0.4) is 0 Å². The third kappa shape index (κ3) is 3.98. The lowest BCUT2D eigenvalue weighted by molar-refractivity contribution is -0.135. The molecular formula is C18H30N4O2. The summed E-state index contributed by atoms with van der Waals surface area (Å²) < 4.78 is 1.86. The fraction of sp³-hybridized carbons (Fsp3) is 0.778. The lowest BCUT2D eigenvalue weighted by Gasteiger charge is -2.37. The van der Waals surface area contributed by atoms with Crippen LogP contribution in [0.1, 0.15) is 44.5 Å². The Balaban J connectivity index is 1.55. The number of nitrogens with zero attached hydrogens (tertiary/aromatic N) is 4. The van der Waals surface area contributed by atoms with Gasteiger partial charge in [0.25, 0.3) is 0 Å². The highest BCUT2D eigenvalue weighted by Crippen LogP contribution is 2.29. The first-order valence-corrected chi connectivity index (χ1v) is 9.20. The Morgan fingerprint density at radius 1 is 1.33 bits per heavy atom. The molecule has 0 bridgehead atoms. The van der Waals surface area contributed by atoms with Crippen molar-refractivity contribution < 1.29 is 9.90 Å². The summed E-state index contributed by atoms with van der Waals surface area (Å²) in [5.74, 6) is 1.76. The minimum atomic E-state index is -0.601. The van der Waals surface area contributed by atoms with Crippen molar-refractivity contribution in [3.8, 4) is 0 Å². The van der Waals surface area contributed by atoms with Crippen LogP contribution < -0.4 is 0 Å². The highest BCUT2D eigenvalue weighted by molar-refractivity contribution is 5.78. The van der Waals surface area contributed by atoms with E-state index in [-0.39, 0.29) is 11.8 Å². The van der Waals surface area contributed by atoms with Crippen molar-refractivity contribution in [3.63, 3.8) is 0 Å². The zero-order valence-corrected chi connectivity index (χ0v) is 14.9. The minimum Gasteiger partial charge on any atom is -0.385 e. The smallest absolute Gasteiger partial charge is 0.236 e. The lowest BCUT2D eigenvalue weighted by Crippen LogP contribution is -2.47. The fourth-order valence-corrected chi connectivity index (χ4v) is 3.88. The summed E-state index contributed by atoms with van der Waals surface area (Å²) in [6.07, 6.45) is 7.23. The Bertz CT molecular complexity index is 551. The molecule has 6 nitrogen and oxygen atoms in total. The van der Waals surface area contributed by atoms with E-state index >= 15 is 0 Å². The lowest BCUT2D eigenvalue weighted by atomic mass is 9.92. The van der Waals surface area contributed by atoms with Gasteiger partial charge in [0.15, 0.2) is 0 Å². The van der Waals surface area contributed by atoms with E-state index in [4.69, 9.17) is 0 Å². The van der Waals surface area contributed by atoms with E-state index < -0.39 is 6.10 Å². The monoisotopic (exact) mass is 334 g/mol. The van der Waals surface area contributed by atoms with Crippen molar-refractivity contribution in [2.45, 2.75) is 38.7 Å². The predicted molar refractivity (Wildman–Crippen MR) is 92.3 cm³/mol. The third-order valence-electron chi connectivity index (χ3n) is 5.62. The molecule has 2 unspecified atom stereocenters. The Kier molecular flexibility index (Phi) is 5.56. The molecule has 3 heterocycles. The molecule has 3 rings (SSSR count). The number of hydrogen-bond donors (Lipinski definition) is 1. The second kappa shape index (κ2) is 7.66. The van der Waals surface area contributed by atoms with E-state index in [1.54, 1.807) is 6.20 Å². The van der Waals surface area contributed by atoms with E-state index in [2.05, 4.69) is 16.8 Å². The van der Waals surface area contributed by atoms with E-state index in [0.717, 1.165) is 38.4 Å². The van der Waals surface area contributed by atoms with Gasteiger partial charge in [0.1, 0.15) is 11.9 Å². The Morgan fingerprint density at radius 2 is 2.08 bits per heavy atom. The predicted octanol–water partition coefficient (Wildman–Crippen LogP) is 1.42. The maximum atomic E-state index is 12.7. The minimum absolute atomic E-state index is 0.0742. The molecule has 0 aromatic carbocycles. The average Bonchev–Trinajstić information content (AvgIpc) is 3.02. The van der Waals surface area contributed by atoms with Gasteiger partial charge < -0.3 is 14.6 Å². The number of likely N-dealkylation sites (tertiary alicyclic amines) is 2. The van der Waals surface area contributed by atoms with E-state index in [1.165, 1.54) is 12.8 Å². The molecular weight excluding hydrogens is 304 g/mol. The van der Waals surface area contributed by atoms with Gasteiger partial charge in [-0.2, -0.15) is 0 Å². The number of aromatic nitrogens is 2. The SMILES string of the molecule is CC1CCN(CC(=O)N2CCCC(C(O)c3nccn3C)C2)CC1. The van der Waals surface area contributed by atoms with Gasteiger partial charge >= 0.3 is 0 Å². The number of aryl methyl sites for hydroxylation is 1. The first-order valence-electron chi connectivity index (χ1n) is 9.20. The molecule has 2 fully saturated rings. The quantitative estimate of drug-likeness (QED) is 0.905. The second-order valence-electron chi connectivity index (χ2n) is 7.54. The van der Waals surface area contributed by atoms with Crippen LogP contribution in [0.2, 0.25) is 0 Å². The van der Waals surface area contributed by atoms with Crippen LogP contribution in [0.5, 0.6) is 0 Å². The van der Waals surface area contributed by atoms with Gasteiger partial charge in [0, 0.05) is 38.4 Å². The number of amides is 1. The topological polar surface area (TPSA) is 61.6 Å². The molecule has 2 saturated heterocycles. The van der Waals surface area contributed by atoms with Gasteiger partial charge in [-0.25, -0.2) is 4.98 Å². The van der Waals surface area contributed by atoms with Crippen molar-refractivity contribution in [2.24, 2.45) is 18.9 Å². The highest BCUT2D eigenvalue weighted by atomic mass is 16.3. The van der Waals surface area contributed by atoms with Crippen molar-refractivity contribution >= 4 is 5.91 Å². The summed E-state index contributed by atoms with van der Waals surface area (Å²) in [4.78, 5) is 21.1. The van der Waals surface area contributed by atoms with Crippen LogP contribution in [-0.2, 0) is 11.8 Å². The van der Waals surface area contributed by atoms with Gasteiger partial charge in [-0.05, 0) is 44.7 Å². The van der Waals surface area contributed by atoms with Crippen LogP contribution in [0.25, 0.3) is 0 Å². The van der Waals surface area contributed by atoms with Gasteiger partial charge in [-0.1, -0.05) is 6.92 Å². The molecule has 2 aliphatic heterocycles. The van der Waals surface area contributed by atoms with Crippen molar-refractivity contribution in [2.75, 3.05) is 32.7 Å². The summed E-state index contributed by atoms with van der Waals surface area (Å²) in [5.41, 5.74) is 0. The second-order valence-corrected chi connectivity index (χ2v) is 7.54. The van der Waals surface area contributed by atoms with Crippen LogP contribution >= 0.6 is 0 Å². The number of piperidine rings is 2. The number of aliphatic hydroxyl groups excluding tert-OH is 1. The zero-order chi connectivity index (χ0) is 17.1. The van der Waals surface area contributed by atoms with Crippen molar-refractivity contribution in [1.82, 2.24) is 19.4 Å². The number of carbonyl (C=O) groups excluding carboxylic acids is 1. The van der Waals surface area contributed by atoms with E-state index in [0.29, 0.717) is 18.9 Å². The molecule has 1 amide bonds. The molecule has 0 radical (unpaired) electrons. The Morgan fingerprint density at radius 3 is 2.75 bits per heavy atom. The normalized spacial score (nSPS) is 25.0. The molecule has 1 aromatic rings. The summed E-state index contributed by atoms with van der Waals surface area (Å²) in [5, 5.41) is 10.6. The number of carbonyl (C=O) groups is 1. The van der Waals surface area contributed by atoms with Crippen LogP contribution in [0, 0.1) is 11.8 Å². The molecule has 2 aliphatic rings. The maximum absolute atomic E-state index is 12.7. The van der Waals surface area contributed by atoms with E-state index in [9.17, 15) is 9.90 Å². The first kappa shape index (κ1) is 17.4. The van der Waals surface area contributed by atoms with Gasteiger partial charge in [0.05, 0.1) is 6.54 Å². The molecule has 1 N–H and O–H groups in total. The number of hydrogen-bond acceptors (Lipinski definition) is 4. The molecule has 1 aromatic heterocycles. The molecule has 0 spiro atoms. The molecule has 0 aliphatic carbocycles. The molecule has 6 heteroatoms. The first-order chi connectivity index (χ1) is 11.5. The summed E-state index contributed by atoms with van der Waals surface area (Å²) >= 11 is 0. The summed E-state index contributed by atoms with van der Waals surface area (Å²) in [7, 11) is 1.90. The number of imidazole rings is 1. The Labute approximate surface area is 144 Å². The largest absolute Gasteiger partial charge is 0.385 e. The number of rotatable bonds is 4. The van der Waals surface area contributed by atoms with Crippen LogP contribution in [0.4, 0.5) is 0 Å². The van der Waals surface area contributed by atoms with Gasteiger partial charge in [-0.15, -0.1) is 0 Å². The fourth-order valence-electron chi connectivity index (χ4n) is 3.88. The van der Waals surface area contributed by atoms with Gasteiger partial charge in [-0.3, -0.25) is 9.69 Å². The molecule has 2 atom stereocenters. The van der Waals surface area contributed by atoms with Crippen molar-refractivity contribution in [3.05, 3.63) is 18.2 Å². The molecule has 134 valence electrons.